The summed E-state index contributed by atoms with van der Waals surface area (Å²) < 4.78 is 10.0. The summed E-state index contributed by atoms with van der Waals surface area (Å²) in [5.74, 6) is 0. The van der Waals surface area contributed by atoms with E-state index in [4.69, 9.17) is 19.7 Å². The number of hydrogen-bond donors (Lipinski definition) is 2. The molecular formula is C12H27O4Zr-. The van der Waals surface area contributed by atoms with Crippen LogP contribution in [-0.4, -0.2) is 49.4 Å². The molecule has 1 heterocycles. The first-order valence-corrected chi connectivity index (χ1v) is 5.96. The predicted molar refractivity (Wildman–Crippen MR) is 65.3 cm³/mol. The first kappa shape index (κ1) is 22.9. The molecule has 0 spiro atoms. The standard InChI is InChI=1S/C6H11O2.2C3H8O.Zr/c1-2-3-7-4-6-5-8-6;2*1-2-3-4;/h6H,1-5H2;2*4H,2-3H2,1H3;/q-1;;;. The molecule has 0 aromatic heterocycles. The molecule has 1 aliphatic rings. The van der Waals surface area contributed by atoms with Crippen molar-refractivity contribution in [2.45, 2.75) is 39.2 Å². The van der Waals surface area contributed by atoms with Crippen LogP contribution in [0.1, 0.15) is 33.1 Å². The number of ether oxygens (including phenoxy) is 2. The zero-order valence-electron chi connectivity index (χ0n) is 11.2. The minimum atomic E-state index is 0. The van der Waals surface area contributed by atoms with Crippen molar-refractivity contribution in [2.24, 2.45) is 0 Å². The Morgan fingerprint density at radius 3 is 1.88 bits per heavy atom. The van der Waals surface area contributed by atoms with Crippen LogP contribution >= 0.6 is 0 Å². The third kappa shape index (κ3) is 31.5. The van der Waals surface area contributed by atoms with Crippen LogP contribution in [0.25, 0.3) is 0 Å². The Bertz CT molecular complexity index is 103. The van der Waals surface area contributed by atoms with Crippen LogP contribution in [0.4, 0.5) is 0 Å². The molecule has 1 rings (SSSR count). The fourth-order valence-corrected chi connectivity index (χ4v) is 0.481. The van der Waals surface area contributed by atoms with Crippen molar-refractivity contribution < 1.29 is 45.9 Å². The normalized spacial score (nSPS) is 15.7. The van der Waals surface area contributed by atoms with Gasteiger partial charge in [0.05, 0.1) is 13.2 Å². The molecule has 0 aliphatic carbocycles. The average molecular weight is 327 g/mol. The molecule has 1 aliphatic heterocycles. The van der Waals surface area contributed by atoms with Crippen LogP contribution in [0.15, 0.2) is 0 Å². The van der Waals surface area contributed by atoms with E-state index < -0.39 is 0 Å². The van der Waals surface area contributed by atoms with Gasteiger partial charge in [-0.15, -0.1) is 0 Å². The number of aliphatic hydroxyl groups excluding tert-OH is 2. The van der Waals surface area contributed by atoms with E-state index in [1.54, 1.807) is 0 Å². The SMILES string of the molecule is CCCO.CCCO.[CH2-]CCOCC1CO1.[Zr]. The fraction of sp³-hybridized carbons (Fsp3) is 0.917. The quantitative estimate of drug-likeness (QED) is 0.440. The van der Waals surface area contributed by atoms with E-state index in [0.717, 1.165) is 39.1 Å². The van der Waals surface area contributed by atoms with E-state index in [-0.39, 0.29) is 26.2 Å². The maximum Gasteiger partial charge on any atom is 0.104 e. The van der Waals surface area contributed by atoms with E-state index in [0.29, 0.717) is 19.3 Å². The van der Waals surface area contributed by atoms with Gasteiger partial charge in [-0.3, -0.25) is 0 Å². The molecule has 5 heteroatoms. The van der Waals surface area contributed by atoms with Gasteiger partial charge in [0.2, 0.25) is 0 Å². The molecule has 2 N–H and O–H groups in total. The Kier molecular flexibility index (Phi) is 29.5. The number of hydrogen-bond acceptors (Lipinski definition) is 4. The Balaban J connectivity index is -0.000000189. The van der Waals surface area contributed by atoms with E-state index >= 15 is 0 Å². The van der Waals surface area contributed by atoms with Gasteiger partial charge in [0.15, 0.2) is 0 Å². The number of epoxide rings is 1. The van der Waals surface area contributed by atoms with Crippen LogP contribution in [-0.2, 0) is 35.7 Å². The first-order chi connectivity index (χ1) is 7.76. The summed E-state index contributed by atoms with van der Waals surface area (Å²) in [5.41, 5.74) is 0. The number of aliphatic hydroxyl groups is 2. The van der Waals surface area contributed by atoms with Crippen molar-refractivity contribution in [1.29, 1.82) is 0 Å². The van der Waals surface area contributed by atoms with Crippen LogP contribution in [0, 0.1) is 6.92 Å². The molecule has 0 aromatic rings. The van der Waals surface area contributed by atoms with Gasteiger partial charge >= 0.3 is 0 Å². The Morgan fingerprint density at radius 1 is 1.24 bits per heavy atom. The molecule has 1 saturated heterocycles. The topological polar surface area (TPSA) is 62.2 Å². The smallest absolute Gasteiger partial charge is 0.104 e. The van der Waals surface area contributed by atoms with Gasteiger partial charge in [-0.1, -0.05) is 13.8 Å². The van der Waals surface area contributed by atoms with Crippen molar-refractivity contribution in [1.82, 2.24) is 0 Å². The Hall–Kier alpha value is 0.723. The van der Waals surface area contributed by atoms with Gasteiger partial charge in [0, 0.05) is 46.0 Å². The van der Waals surface area contributed by atoms with Crippen LogP contribution in [0.5, 0.6) is 0 Å². The third-order valence-corrected chi connectivity index (χ3v) is 1.44. The third-order valence-electron chi connectivity index (χ3n) is 1.44. The summed E-state index contributed by atoms with van der Waals surface area (Å²) in [6, 6.07) is 0. The summed E-state index contributed by atoms with van der Waals surface area (Å²) in [5, 5.41) is 15.8. The molecular weight excluding hydrogens is 299 g/mol. The maximum atomic E-state index is 7.88. The van der Waals surface area contributed by atoms with Gasteiger partial charge in [-0.2, -0.15) is 6.42 Å². The minimum Gasteiger partial charge on any atom is -0.396 e. The molecule has 1 atom stereocenters. The summed E-state index contributed by atoms with van der Waals surface area (Å²) >= 11 is 0. The second-order valence-electron chi connectivity index (χ2n) is 3.33. The molecule has 17 heavy (non-hydrogen) atoms. The van der Waals surface area contributed by atoms with Gasteiger partial charge in [0.25, 0.3) is 0 Å². The van der Waals surface area contributed by atoms with Crippen molar-refractivity contribution in [3.63, 3.8) is 0 Å². The molecule has 1 fully saturated rings. The van der Waals surface area contributed by atoms with Crippen LogP contribution in [0.2, 0.25) is 0 Å². The Morgan fingerprint density at radius 2 is 1.65 bits per heavy atom. The second-order valence-corrected chi connectivity index (χ2v) is 3.33. The molecule has 1 unspecified atom stereocenters. The fourth-order valence-electron chi connectivity index (χ4n) is 0.481. The predicted octanol–water partition coefficient (Wildman–Crippen LogP) is 1.40. The number of rotatable bonds is 6. The largest absolute Gasteiger partial charge is 0.396 e. The van der Waals surface area contributed by atoms with E-state index in [1.165, 1.54) is 0 Å². The molecule has 0 radical (unpaired) electrons. The van der Waals surface area contributed by atoms with Crippen molar-refractivity contribution in [3.05, 3.63) is 6.92 Å². The molecule has 4 nitrogen and oxygen atoms in total. The zero-order valence-corrected chi connectivity index (χ0v) is 13.6. The van der Waals surface area contributed by atoms with Crippen LogP contribution < -0.4 is 0 Å². The van der Waals surface area contributed by atoms with Gasteiger partial charge in [-0.25, -0.2) is 0 Å². The molecule has 0 bridgehead atoms. The van der Waals surface area contributed by atoms with Gasteiger partial charge in [0.1, 0.15) is 6.10 Å². The Labute approximate surface area is 125 Å². The minimum absolute atomic E-state index is 0. The molecule has 104 valence electrons. The van der Waals surface area contributed by atoms with E-state index in [2.05, 4.69) is 6.92 Å². The van der Waals surface area contributed by atoms with Crippen molar-refractivity contribution >= 4 is 0 Å². The molecule has 0 amide bonds. The zero-order chi connectivity index (χ0) is 12.6. The monoisotopic (exact) mass is 325 g/mol. The van der Waals surface area contributed by atoms with Gasteiger partial charge in [-0.05, 0) is 12.8 Å². The van der Waals surface area contributed by atoms with Gasteiger partial charge < -0.3 is 26.6 Å². The second kappa shape index (κ2) is 22.0. The maximum absolute atomic E-state index is 7.88. The average Bonchev–Trinajstić information content (AvgIpc) is 3.14. The summed E-state index contributed by atoms with van der Waals surface area (Å²) in [6.45, 7) is 10.5. The van der Waals surface area contributed by atoms with Crippen molar-refractivity contribution in [3.8, 4) is 0 Å². The van der Waals surface area contributed by atoms with Crippen LogP contribution in [0.3, 0.4) is 0 Å². The first-order valence-electron chi connectivity index (χ1n) is 5.96. The molecule has 0 saturated carbocycles. The summed E-state index contributed by atoms with van der Waals surface area (Å²) in [7, 11) is 0. The molecule has 0 aromatic carbocycles. The summed E-state index contributed by atoms with van der Waals surface area (Å²) in [4.78, 5) is 0. The summed E-state index contributed by atoms with van der Waals surface area (Å²) in [6.07, 6.45) is 3.01. The van der Waals surface area contributed by atoms with E-state index in [1.807, 2.05) is 13.8 Å². The van der Waals surface area contributed by atoms with Crippen molar-refractivity contribution in [2.75, 3.05) is 33.0 Å². The van der Waals surface area contributed by atoms with E-state index in [9.17, 15) is 0 Å².